The van der Waals surface area contributed by atoms with Crippen molar-refractivity contribution in [1.29, 1.82) is 0 Å². The minimum atomic E-state index is -1.07. The monoisotopic (exact) mass is 249 g/mol. The Balaban J connectivity index is 1.85. The average Bonchev–Trinajstić information content (AvgIpc) is 2.83. The van der Waals surface area contributed by atoms with Crippen molar-refractivity contribution in [2.75, 3.05) is 11.9 Å². The lowest BCUT2D eigenvalue weighted by Crippen LogP contribution is -2.08. The molecule has 2 aromatic heterocycles. The third-order valence-corrected chi connectivity index (χ3v) is 2.92. The summed E-state index contributed by atoms with van der Waals surface area (Å²) in [4.78, 5) is 10.6. The maximum Gasteiger partial charge on any atom is 0.356 e. The van der Waals surface area contributed by atoms with Gasteiger partial charge in [0.15, 0.2) is 5.69 Å². The molecule has 0 aliphatic rings. The molecule has 0 aromatic carbocycles. The van der Waals surface area contributed by atoms with Crippen LogP contribution in [0.25, 0.3) is 0 Å². The van der Waals surface area contributed by atoms with Crippen LogP contribution >= 0.6 is 11.3 Å². The molecular weight excluding hydrogens is 238 g/mol. The lowest BCUT2D eigenvalue weighted by Gasteiger charge is -2.03. The number of anilines is 1. The Morgan fingerprint density at radius 1 is 1.35 bits per heavy atom. The van der Waals surface area contributed by atoms with Crippen molar-refractivity contribution in [3.8, 4) is 0 Å². The van der Waals surface area contributed by atoms with Gasteiger partial charge in [0.25, 0.3) is 0 Å². The van der Waals surface area contributed by atoms with Crippen LogP contribution in [0.2, 0.25) is 0 Å². The van der Waals surface area contributed by atoms with E-state index in [1.165, 1.54) is 11.6 Å². The van der Waals surface area contributed by atoms with Crippen LogP contribution in [0.1, 0.15) is 16.1 Å². The summed E-state index contributed by atoms with van der Waals surface area (Å²) >= 11 is 1.67. The van der Waals surface area contributed by atoms with E-state index in [1.54, 1.807) is 17.4 Å². The molecular formula is C11H11N3O2S. The molecule has 88 valence electrons. The van der Waals surface area contributed by atoms with Crippen LogP contribution < -0.4 is 5.32 Å². The lowest BCUT2D eigenvalue weighted by atomic mass is 10.2. The van der Waals surface area contributed by atoms with Crippen molar-refractivity contribution in [1.82, 2.24) is 10.2 Å². The maximum absolute atomic E-state index is 10.6. The Morgan fingerprint density at radius 2 is 2.24 bits per heavy atom. The molecule has 2 N–H and O–H groups in total. The van der Waals surface area contributed by atoms with E-state index in [9.17, 15) is 4.79 Å². The summed E-state index contributed by atoms with van der Waals surface area (Å²) in [5, 5.41) is 23.2. The summed E-state index contributed by atoms with van der Waals surface area (Å²) in [6.45, 7) is 0.748. The molecule has 6 heteroatoms. The average molecular weight is 249 g/mol. The molecule has 0 bridgehead atoms. The van der Waals surface area contributed by atoms with Gasteiger partial charge in [-0.05, 0) is 40.9 Å². The zero-order valence-corrected chi connectivity index (χ0v) is 9.78. The molecule has 0 aliphatic heterocycles. The van der Waals surface area contributed by atoms with Crippen molar-refractivity contribution < 1.29 is 9.90 Å². The van der Waals surface area contributed by atoms with Gasteiger partial charge in [-0.2, -0.15) is 11.3 Å². The third kappa shape index (κ3) is 3.25. The second-order valence-corrected chi connectivity index (χ2v) is 4.20. The number of nitrogens with zero attached hydrogens (tertiary/aromatic N) is 2. The molecule has 2 aromatic rings. The first kappa shape index (κ1) is 11.5. The fraction of sp³-hybridized carbons (Fsp3) is 0.182. The predicted octanol–water partition coefficient (Wildman–Crippen LogP) is 1.89. The second-order valence-electron chi connectivity index (χ2n) is 3.42. The molecule has 17 heavy (non-hydrogen) atoms. The summed E-state index contributed by atoms with van der Waals surface area (Å²) in [6, 6.07) is 5.12. The van der Waals surface area contributed by atoms with E-state index in [0.717, 1.165) is 13.0 Å². The molecule has 0 fully saturated rings. The topological polar surface area (TPSA) is 75.1 Å². The number of rotatable bonds is 5. The summed E-state index contributed by atoms with van der Waals surface area (Å²) in [7, 11) is 0. The predicted molar refractivity (Wildman–Crippen MR) is 65.5 cm³/mol. The van der Waals surface area contributed by atoms with E-state index >= 15 is 0 Å². The van der Waals surface area contributed by atoms with E-state index in [0.29, 0.717) is 5.82 Å². The largest absolute Gasteiger partial charge is 0.476 e. The van der Waals surface area contributed by atoms with Gasteiger partial charge in [0.1, 0.15) is 5.82 Å². The minimum Gasteiger partial charge on any atom is -0.476 e. The van der Waals surface area contributed by atoms with Crippen molar-refractivity contribution in [3.63, 3.8) is 0 Å². The SMILES string of the molecule is O=C(O)c1ccc(NCCc2ccsc2)nn1. The number of aromatic carboxylic acids is 1. The summed E-state index contributed by atoms with van der Waals surface area (Å²) in [5.41, 5.74) is 1.23. The molecule has 0 unspecified atom stereocenters. The normalized spacial score (nSPS) is 10.1. The molecule has 2 rings (SSSR count). The van der Waals surface area contributed by atoms with E-state index in [2.05, 4.69) is 27.0 Å². The Bertz CT molecular complexity index is 482. The summed E-state index contributed by atoms with van der Waals surface area (Å²) < 4.78 is 0. The molecule has 0 radical (unpaired) electrons. The number of carboxylic acids is 1. The number of carbonyl (C=O) groups is 1. The fourth-order valence-corrected chi connectivity index (χ4v) is 2.01. The molecule has 5 nitrogen and oxygen atoms in total. The van der Waals surface area contributed by atoms with Gasteiger partial charge in [-0.3, -0.25) is 0 Å². The van der Waals surface area contributed by atoms with Crippen LogP contribution in [0.5, 0.6) is 0 Å². The van der Waals surface area contributed by atoms with Gasteiger partial charge >= 0.3 is 5.97 Å². The van der Waals surface area contributed by atoms with Crippen molar-refractivity contribution >= 4 is 23.1 Å². The van der Waals surface area contributed by atoms with Crippen LogP contribution in [0.15, 0.2) is 29.0 Å². The Morgan fingerprint density at radius 3 is 2.82 bits per heavy atom. The standard InChI is InChI=1S/C11H11N3O2S/c15-11(16)9-1-2-10(14-13-9)12-5-3-8-4-6-17-7-8/h1-2,4,6-7H,3,5H2,(H,12,14)(H,15,16). The van der Waals surface area contributed by atoms with Crippen LogP contribution in [-0.2, 0) is 6.42 Å². The highest BCUT2D eigenvalue weighted by Crippen LogP contribution is 2.07. The number of carboxylic acid groups (broad SMARTS) is 1. The van der Waals surface area contributed by atoms with E-state index in [1.807, 2.05) is 5.38 Å². The summed E-state index contributed by atoms with van der Waals surface area (Å²) in [5.74, 6) is -0.479. The first-order valence-electron chi connectivity index (χ1n) is 5.07. The van der Waals surface area contributed by atoms with Gasteiger partial charge < -0.3 is 10.4 Å². The molecule has 0 atom stereocenters. The van der Waals surface area contributed by atoms with Crippen molar-refractivity contribution in [2.24, 2.45) is 0 Å². The minimum absolute atomic E-state index is 0.0478. The molecule has 0 saturated heterocycles. The van der Waals surface area contributed by atoms with Crippen molar-refractivity contribution in [3.05, 3.63) is 40.2 Å². The van der Waals surface area contributed by atoms with Gasteiger partial charge in [-0.25, -0.2) is 4.79 Å². The molecule has 0 spiro atoms. The van der Waals surface area contributed by atoms with E-state index in [4.69, 9.17) is 5.11 Å². The van der Waals surface area contributed by atoms with Gasteiger partial charge in [0, 0.05) is 6.54 Å². The Labute approximate surface area is 102 Å². The van der Waals surface area contributed by atoms with Gasteiger partial charge in [-0.15, -0.1) is 10.2 Å². The maximum atomic E-state index is 10.6. The quantitative estimate of drug-likeness (QED) is 0.846. The van der Waals surface area contributed by atoms with Gasteiger partial charge in [0.2, 0.25) is 0 Å². The molecule has 0 saturated carbocycles. The highest BCUT2D eigenvalue weighted by molar-refractivity contribution is 7.07. The summed E-state index contributed by atoms with van der Waals surface area (Å²) in [6.07, 6.45) is 0.909. The van der Waals surface area contributed by atoms with Crippen LogP contribution in [0.4, 0.5) is 5.82 Å². The number of nitrogens with one attached hydrogen (secondary N) is 1. The molecule has 2 heterocycles. The molecule has 0 amide bonds. The Kier molecular flexibility index (Phi) is 3.66. The zero-order chi connectivity index (χ0) is 12.1. The number of aromatic nitrogens is 2. The first-order valence-corrected chi connectivity index (χ1v) is 6.02. The number of thiophene rings is 1. The van der Waals surface area contributed by atoms with Gasteiger partial charge in [-0.1, -0.05) is 0 Å². The van der Waals surface area contributed by atoms with Crippen molar-refractivity contribution in [2.45, 2.75) is 6.42 Å². The highest BCUT2D eigenvalue weighted by atomic mass is 32.1. The number of hydrogen-bond donors (Lipinski definition) is 2. The molecule has 0 aliphatic carbocycles. The third-order valence-electron chi connectivity index (χ3n) is 2.18. The smallest absolute Gasteiger partial charge is 0.356 e. The highest BCUT2D eigenvalue weighted by Gasteiger charge is 2.04. The zero-order valence-electron chi connectivity index (χ0n) is 8.96. The number of hydrogen-bond acceptors (Lipinski definition) is 5. The van der Waals surface area contributed by atoms with Crippen LogP contribution in [-0.4, -0.2) is 27.8 Å². The van der Waals surface area contributed by atoms with Crippen LogP contribution in [0.3, 0.4) is 0 Å². The van der Waals surface area contributed by atoms with Crippen LogP contribution in [0, 0.1) is 0 Å². The lowest BCUT2D eigenvalue weighted by molar-refractivity contribution is 0.0689. The van der Waals surface area contributed by atoms with E-state index in [-0.39, 0.29) is 5.69 Å². The Hall–Kier alpha value is -1.95. The van der Waals surface area contributed by atoms with Gasteiger partial charge in [0.05, 0.1) is 0 Å². The van der Waals surface area contributed by atoms with E-state index < -0.39 is 5.97 Å². The first-order chi connectivity index (χ1) is 8.25. The fourth-order valence-electron chi connectivity index (χ4n) is 1.31. The second kappa shape index (κ2) is 5.40.